The number of amides is 2. The van der Waals surface area contributed by atoms with Crippen LogP contribution in [0.15, 0.2) is 21.3 Å². The number of aromatic amines is 1. The molecule has 0 unspecified atom stereocenters. The minimum Gasteiger partial charge on any atom is -0.454 e. The van der Waals surface area contributed by atoms with E-state index in [1.165, 1.54) is 4.90 Å². The molecular formula is C26H36N4O6. The molecule has 0 radical (unpaired) electrons. The van der Waals surface area contributed by atoms with Gasteiger partial charge in [-0.25, -0.2) is 4.79 Å². The van der Waals surface area contributed by atoms with Crippen molar-refractivity contribution < 1.29 is 23.5 Å². The average molecular weight is 501 g/mol. The standard InChI is InChI=1S/C26H36N4O6/c1-16-12-18(14-21-23(16)27-26(34)36-21)13-17(2)24(32)29-10-7-19(8-11-29)30-9-5-6-20(30)25(33)35-15-22(31)28(3)4/h12,14,17,19-20H,5-11,13,15H2,1-4H3,(H,27,34)/t17-,20+/m1/s1. The lowest BCUT2D eigenvalue weighted by molar-refractivity contribution is -0.156. The molecule has 0 aliphatic carbocycles. The summed E-state index contributed by atoms with van der Waals surface area (Å²) >= 11 is 0. The van der Waals surface area contributed by atoms with Crippen LogP contribution in [0.1, 0.15) is 43.7 Å². The third-order valence-electron chi connectivity index (χ3n) is 7.40. The summed E-state index contributed by atoms with van der Waals surface area (Å²) < 4.78 is 10.5. The molecule has 36 heavy (non-hydrogen) atoms. The Morgan fingerprint density at radius 3 is 2.58 bits per heavy atom. The maximum Gasteiger partial charge on any atom is 0.417 e. The number of H-pyrrole nitrogens is 1. The van der Waals surface area contributed by atoms with E-state index < -0.39 is 5.76 Å². The molecule has 2 aliphatic rings. The lowest BCUT2D eigenvalue weighted by Crippen LogP contribution is -2.51. The molecule has 1 aromatic carbocycles. The van der Waals surface area contributed by atoms with Crippen LogP contribution in [0.2, 0.25) is 0 Å². The Bertz CT molecular complexity index is 1180. The number of carbonyl (C=O) groups excluding carboxylic acids is 3. The number of likely N-dealkylation sites (tertiary alicyclic amines) is 2. The maximum absolute atomic E-state index is 13.2. The van der Waals surface area contributed by atoms with Crippen molar-refractivity contribution in [2.75, 3.05) is 40.3 Å². The van der Waals surface area contributed by atoms with Crippen LogP contribution in [0.3, 0.4) is 0 Å². The predicted molar refractivity (Wildman–Crippen MR) is 133 cm³/mol. The van der Waals surface area contributed by atoms with Gasteiger partial charge in [0.25, 0.3) is 5.91 Å². The van der Waals surface area contributed by atoms with E-state index in [9.17, 15) is 19.2 Å². The minimum atomic E-state index is -0.479. The van der Waals surface area contributed by atoms with Crippen molar-refractivity contribution in [3.63, 3.8) is 0 Å². The molecule has 2 aromatic rings. The Balaban J connectivity index is 1.30. The molecule has 2 atom stereocenters. The molecule has 196 valence electrons. The molecular weight excluding hydrogens is 464 g/mol. The third kappa shape index (κ3) is 5.64. The molecule has 0 bridgehead atoms. The van der Waals surface area contributed by atoms with Crippen molar-refractivity contribution in [1.82, 2.24) is 19.7 Å². The van der Waals surface area contributed by atoms with E-state index in [1.807, 2.05) is 30.9 Å². The van der Waals surface area contributed by atoms with Crippen molar-refractivity contribution in [3.8, 4) is 0 Å². The topological polar surface area (TPSA) is 116 Å². The highest BCUT2D eigenvalue weighted by atomic mass is 16.5. The van der Waals surface area contributed by atoms with E-state index in [1.54, 1.807) is 14.1 Å². The summed E-state index contributed by atoms with van der Waals surface area (Å²) in [6, 6.07) is 3.71. The summed E-state index contributed by atoms with van der Waals surface area (Å²) in [4.78, 5) is 57.3. The summed E-state index contributed by atoms with van der Waals surface area (Å²) in [5, 5.41) is 0. The summed E-state index contributed by atoms with van der Waals surface area (Å²) in [6.45, 7) is 5.74. The number of aromatic nitrogens is 1. The van der Waals surface area contributed by atoms with Crippen molar-refractivity contribution in [2.45, 2.75) is 58.0 Å². The van der Waals surface area contributed by atoms with Crippen molar-refractivity contribution in [1.29, 1.82) is 0 Å². The quantitative estimate of drug-likeness (QED) is 0.575. The Hall–Kier alpha value is -3.14. The monoisotopic (exact) mass is 500 g/mol. The summed E-state index contributed by atoms with van der Waals surface area (Å²) in [5.41, 5.74) is 3.08. The zero-order valence-corrected chi connectivity index (χ0v) is 21.5. The molecule has 2 amide bonds. The number of nitrogens with zero attached hydrogens (tertiary/aromatic N) is 3. The lowest BCUT2D eigenvalue weighted by atomic mass is 9.96. The smallest absolute Gasteiger partial charge is 0.417 e. The minimum absolute atomic E-state index is 0.112. The Kier molecular flexibility index (Phi) is 7.82. The molecule has 2 saturated heterocycles. The van der Waals surface area contributed by atoms with E-state index in [0.717, 1.165) is 43.4 Å². The number of benzene rings is 1. The van der Waals surface area contributed by atoms with Gasteiger partial charge in [0.1, 0.15) is 6.04 Å². The van der Waals surface area contributed by atoms with Crippen LogP contribution in [-0.4, -0.2) is 89.9 Å². The molecule has 10 nitrogen and oxygen atoms in total. The molecule has 4 rings (SSSR count). The second kappa shape index (κ2) is 10.9. The zero-order chi connectivity index (χ0) is 26.0. The largest absolute Gasteiger partial charge is 0.454 e. The number of fused-ring (bicyclic) bond motifs is 1. The lowest BCUT2D eigenvalue weighted by Gasteiger charge is -2.39. The highest BCUT2D eigenvalue weighted by molar-refractivity contribution is 5.82. The van der Waals surface area contributed by atoms with Crippen molar-refractivity contribution in [2.24, 2.45) is 5.92 Å². The normalized spacial score (nSPS) is 20.0. The van der Waals surface area contributed by atoms with E-state index in [0.29, 0.717) is 30.6 Å². The van der Waals surface area contributed by atoms with Gasteiger partial charge in [-0.15, -0.1) is 0 Å². The molecule has 2 fully saturated rings. The fraction of sp³-hybridized carbons (Fsp3) is 0.615. The maximum atomic E-state index is 13.2. The van der Waals surface area contributed by atoms with E-state index in [2.05, 4.69) is 9.88 Å². The van der Waals surface area contributed by atoms with Gasteiger partial charge < -0.3 is 19.0 Å². The fourth-order valence-corrected chi connectivity index (χ4v) is 5.42. The van der Waals surface area contributed by atoms with Gasteiger partial charge in [0.2, 0.25) is 5.91 Å². The van der Waals surface area contributed by atoms with Gasteiger partial charge in [0.15, 0.2) is 12.2 Å². The van der Waals surface area contributed by atoms with Crippen LogP contribution < -0.4 is 5.76 Å². The number of likely N-dealkylation sites (N-methyl/N-ethyl adjacent to an activating group) is 1. The average Bonchev–Trinajstić information content (AvgIpc) is 3.48. The second-order valence-electron chi connectivity index (χ2n) is 10.3. The van der Waals surface area contributed by atoms with Crippen LogP contribution in [0, 0.1) is 12.8 Å². The molecule has 1 N–H and O–H groups in total. The Morgan fingerprint density at radius 2 is 1.89 bits per heavy atom. The molecule has 0 saturated carbocycles. The first kappa shape index (κ1) is 25.9. The van der Waals surface area contributed by atoms with Crippen LogP contribution in [0.5, 0.6) is 0 Å². The number of oxazole rings is 1. The van der Waals surface area contributed by atoms with E-state index in [-0.39, 0.29) is 42.4 Å². The number of aryl methyl sites for hydroxylation is 1. The Labute approximate surface area is 210 Å². The zero-order valence-electron chi connectivity index (χ0n) is 21.5. The molecule has 3 heterocycles. The SMILES string of the molecule is Cc1cc(C[C@@H](C)C(=O)N2CCC(N3CCC[C@H]3C(=O)OCC(=O)N(C)C)CC2)cc2oc(=O)[nH]c12. The van der Waals surface area contributed by atoms with Crippen molar-refractivity contribution in [3.05, 3.63) is 33.8 Å². The Morgan fingerprint density at radius 1 is 1.17 bits per heavy atom. The number of hydrogen-bond acceptors (Lipinski definition) is 7. The van der Waals surface area contributed by atoms with Gasteiger partial charge in [-0.1, -0.05) is 13.0 Å². The number of rotatable bonds is 7. The number of nitrogens with one attached hydrogen (secondary N) is 1. The van der Waals surface area contributed by atoms with Gasteiger partial charge in [-0.2, -0.15) is 0 Å². The van der Waals surface area contributed by atoms with Crippen molar-refractivity contribution >= 4 is 28.9 Å². The van der Waals surface area contributed by atoms with Gasteiger partial charge in [-0.3, -0.25) is 24.3 Å². The van der Waals surface area contributed by atoms with Crippen LogP contribution >= 0.6 is 0 Å². The highest BCUT2D eigenvalue weighted by Crippen LogP contribution is 2.28. The van der Waals surface area contributed by atoms with E-state index in [4.69, 9.17) is 9.15 Å². The molecule has 10 heteroatoms. The second-order valence-corrected chi connectivity index (χ2v) is 10.3. The third-order valence-corrected chi connectivity index (χ3v) is 7.40. The van der Waals surface area contributed by atoms with E-state index >= 15 is 0 Å². The van der Waals surface area contributed by atoms with Crippen LogP contribution in [0.4, 0.5) is 0 Å². The number of ether oxygens (including phenoxy) is 1. The number of esters is 1. The number of hydrogen-bond donors (Lipinski definition) is 1. The van der Waals surface area contributed by atoms with Gasteiger partial charge in [0, 0.05) is 39.1 Å². The summed E-state index contributed by atoms with van der Waals surface area (Å²) in [5.74, 6) is -1.14. The first-order valence-corrected chi connectivity index (χ1v) is 12.7. The van der Waals surface area contributed by atoms with Gasteiger partial charge in [0.05, 0.1) is 5.52 Å². The first-order valence-electron chi connectivity index (χ1n) is 12.7. The van der Waals surface area contributed by atoms with Gasteiger partial charge >= 0.3 is 11.7 Å². The molecule has 1 aromatic heterocycles. The fourth-order valence-electron chi connectivity index (χ4n) is 5.42. The molecule has 2 aliphatic heterocycles. The van der Waals surface area contributed by atoms with Crippen LogP contribution in [0.25, 0.3) is 11.1 Å². The first-order chi connectivity index (χ1) is 17.1. The number of carbonyl (C=O) groups is 3. The van der Waals surface area contributed by atoms with Gasteiger partial charge in [-0.05, 0) is 62.8 Å². The number of piperidine rings is 1. The highest BCUT2D eigenvalue weighted by Gasteiger charge is 2.38. The molecule has 0 spiro atoms. The van der Waals surface area contributed by atoms with Crippen LogP contribution in [-0.2, 0) is 25.5 Å². The predicted octanol–water partition coefficient (Wildman–Crippen LogP) is 1.69. The summed E-state index contributed by atoms with van der Waals surface area (Å²) in [6.07, 6.45) is 3.83. The summed E-state index contributed by atoms with van der Waals surface area (Å²) in [7, 11) is 3.27.